The Morgan fingerprint density at radius 2 is 2.09 bits per heavy atom. The number of nitrogens with zero attached hydrogens (tertiary/aromatic N) is 3. The van der Waals surface area contributed by atoms with E-state index in [1.807, 2.05) is 0 Å². The molecule has 0 amide bonds. The van der Waals surface area contributed by atoms with Gasteiger partial charge < -0.3 is 0 Å². The van der Waals surface area contributed by atoms with E-state index >= 15 is 0 Å². The fourth-order valence-corrected chi connectivity index (χ4v) is 4.31. The molecule has 6 nitrogen and oxygen atoms in total. The zero-order valence-electron chi connectivity index (χ0n) is 12.2. The molecular formula is C15H18N4O2S. The van der Waals surface area contributed by atoms with Crippen molar-refractivity contribution in [1.82, 2.24) is 9.71 Å². The van der Waals surface area contributed by atoms with Crippen molar-refractivity contribution in [3.63, 3.8) is 0 Å². The van der Waals surface area contributed by atoms with Crippen molar-refractivity contribution < 1.29 is 8.42 Å². The average molecular weight is 318 g/mol. The largest absolute Gasteiger partial charge is 0.265 e. The number of aromatic nitrogens is 1. The van der Waals surface area contributed by atoms with Crippen molar-refractivity contribution >= 4 is 15.1 Å². The van der Waals surface area contributed by atoms with Gasteiger partial charge in [0.1, 0.15) is 0 Å². The van der Waals surface area contributed by atoms with Crippen LogP contribution in [0.4, 0.5) is 0 Å². The molecule has 1 saturated carbocycles. The number of hydrogen-bond donors (Lipinski definition) is 1. The summed E-state index contributed by atoms with van der Waals surface area (Å²) in [7, 11) is -3.60. The Morgan fingerprint density at radius 1 is 1.32 bits per heavy atom. The van der Waals surface area contributed by atoms with E-state index in [9.17, 15) is 8.42 Å². The Bertz CT molecular complexity index is 728. The maximum Gasteiger partial charge on any atom is 0.258 e. The van der Waals surface area contributed by atoms with Gasteiger partial charge in [-0.05, 0) is 43.7 Å². The van der Waals surface area contributed by atoms with E-state index < -0.39 is 10.0 Å². The van der Waals surface area contributed by atoms with Gasteiger partial charge in [-0.25, -0.2) is 13.1 Å². The highest BCUT2D eigenvalue weighted by Crippen LogP contribution is 2.28. The molecule has 3 rings (SSSR count). The lowest BCUT2D eigenvalue weighted by Gasteiger charge is -2.24. The second-order valence-electron chi connectivity index (χ2n) is 5.82. The summed E-state index contributed by atoms with van der Waals surface area (Å²) in [6.45, 7) is 0.731. The van der Waals surface area contributed by atoms with Crippen LogP contribution in [0, 0.1) is 23.2 Å². The fraction of sp³-hybridized carbons (Fsp3) is 0.533. The molecule has 22 heavy (non-hydrogen) atoms. The number of rotatable bonds is 3. The molecule has 1 N–H and O–H groups in total. The van der Waals surface area contributed by atoms with E-state index in [4.69, 9.17) is 5.26 Å². The van der Waals surface area contributed by atoms with Gasteiger partial charge >= 0.3 is 0 Å². The Kier molecular flexibility index (Phi) is 4.23. The van der Waals surface area contributed by atoms with Gasteiger partial charge in [-0.15, -0.1) is 0 Å². The monoisotopic (exact) mass is 318 g/mol. The molecule has 1 aliphatic carbocycles. The lowest BCUT2D eigenvalue weighted by atomic mass is 9.83. The van der Waals surface area contributed by atoms with Gasteiger partial charge in [0.05, 0.1) is 18.3 Å². The minimum atomic E-state index is -3.60. The first-order valence-corrected chi connectivity index (χ1v) is 8.96. The van der Waals surface area contributed by atoms with Crippen LogP contribution in [0.1, 0.15) is 36.9 Å². The number of hydrogen-bond acceptors (Lipinski definition) is 5. The van der Waals surface area contributed by atoms with E-state index in [-0.39, 0.29) is 11.0 Å². The number of sulfonamides is 1. The summed E-state index contributed by atoms with van der Waals surface area (Å²) in [5.41, 5.74) is 1.31. The first-order valence-electron chi connectivity index (χ1n) is 7.48. The van der Waals surface area contributed by atoms with Gasteiger partial charge in [0, 0.05) is 24.2 Å². The Morgan fingerprint density at radius 3 is 2.82 bits per heavy atom. The van der Waals surface area contributed by atoms with Crippen LogP contribution >= 0.6 is 0 Å². The van der Waals surface area contributed by atoms with Gasteiger partial charge in [-0.3, -0.25) is 9.98 Å². The summed E-state index contributed by atoms with van der Waals surface area (Å²) in [5.74, 6) is 0.430. The molecule has 0 aromatic carbocycles. The van der Waals surface area contributed by atoms with Crippen LogP contribution in [-0.2, 0) is 16.6 Å². The van der Waals surface area contributed by atoms with Crippen LogP contribution in [0.15, 0.2) is 23.3 Å². The molecule has 0 unspecified atom stereocenters. The van der Waals surface area contributed by atoms with Gasteiger partial charge in [0.15, 0.2) is 5.04 Å². The predicted octanol–water partition coefficient (Wildman–Crippen LogP) is 1.59. The molecule has 1 aromatic heterocycles. The topological polar surface area (TPSA) is 95.2 Å². The Hall–Kier alpha value is -1.78. The number of nitriles is 1. The normalized spacial score (nSPS) is 24.4. The van der Waals surface area contributed by atoms with Crippen molar-refractivity contribution in [1.29, 1.82) is 5.26 Å². The molecule has 0 saturated heterocycles. The summed E-state index contributed by atoms with van der Waals surface area (Å²) in [6.07, 6.45) is 5.15. The van der Waals surface area contributed by atoms with E-state index in [0.29, 0.717) is 30.3 Å². The zero-order chi connectivity index (χ0) is 15.6. The smallest absolute Gasteiger partial charge is 0.258 e. The molecule has 0 bridgehead atoms. The van der Waals surface area contributed by atoms with Gasteiger partial charge in [-0.2, -0.15) is 5.26 Å². The molecule has 2 heterocycles. The minimum Gasteiger partial charge on any atom is -0.265 e. The van der Waals surface area contributed by atoms with Crippen molar-refractivity contribution in [2.75, 3.05) is 6.54 Å². The number of pyridine rings is 1. The minimum absolute atomic E-state index is 0.0984. The van der Waals surface area contributed by atoms with Crippen molar-refractivity contribution in [2.24, 2.45) is 16.8 Å². The second kappa shape index (κ2) is 6.15. The van der Waals surface area contributed by atoms with Gasteiger partial charge in [0.25, 0.3) is 10.0 Å². The number of nitrogens with one attached hydrogen (secondary N) is 1. The molecular weight excluding hydrogens is 300 g/mol. The lowest BCUT2D eigenvalue weighted by Crippen LogP contribution is -2.35. The standard InChI is InChI=1S/C15H18N4O2S/c16-8-11-3-5-12(6-4-11)9-19-22(20,21)15-13-2-1-7-17-14(13)10-18-15/h1-2,7,11-12,19H,3-6,9-10H2. The van der Waals surface area contributed by atoms with Crippen molar-refractivity contribution in [2.45, 2.75) is 32.2 Å². The van der Waals surface area contributed by atoms with E-state index in [1.165, 1.54) is 0 Å². The van der Waals surface area contributed by atoms with Crippen LogP contribution in [-0.4, -0.2) is 25.0 Å². The SMILES string of the molecule is N#CC1CCC(CNS(=O)(=O)C2=NCc3ncccc32)CC1. The molecule has 2 aliphatic rings. The molecule has 0 radical (unpaired) electrons. The molecule has 1 fully saturated rings. The summed E-state index contributed by atoms with van der Waals surface area (Å²) in [5, 5.41) is 8.99. The summed E-state index contributed by atoms with van der Waals surface area (Å²) >= 11 is 0. The molecule has 7 heteroatoms. The predicted molar refractivity (Wildman–Crippen MR) is 82.5 cm³/mol. The Balaban J connectivity index is 1.63. The van der Waals surface area contributed by atoms with Crippen LogP contribution in [0.3, 0.4) is 0 Å². The quantitative estimate of drug-likeness (QED) is 0.915. The van der Waals surface area contributed by atoms with E-state index in [2.05, 4.69) is 20.8 Å². The van der Waals surface area contributed by atoms with Gasteiger partial charge in [-0.1, -0.05) is 0 Å². The maximum absolute atomic E-state index is 12.4. The number of aliphatic imine (C=N–C) groups is 1. The first kappa shape index (κ1) is 15.1. The van der Waals surface area contributed by atoms with Crippen LogP contribution < -0.4 is 4.72 Å². The maximum atomic E-state index is 12.4. The van der Waals surface area contributed by atoms with Crippen LogP contribution in [0.5, 0.6) is 0 Å². The van der Waals surface area contributed by atoms with Crippen molar-refractivity contribution in [3.05, 3.63) is 29.6 Å². The third-order valence-corrected chi connectivity index (χ3v) is 5.74. The number of fused-ring (bicyclic) bond motifs is 1. The second-order valence-corrected chi connectivity index (χ2v) is 7.50. The molecule has 1 aromatic rings. The summed E-state index contributed by atoms with van der Waals surface area (Å²) < 4.78 is 27.5. The molecule has 1 aliphatic heterocycles. The van der Waals surface area contributed by atoms with Gasteiger partial charge in [0.2, 0.25) is 0 Å². The van der Waals surface area contributed by atoms with Crippen LogP contribution in [0.2, 0.25) is 0 Å². The molecule has 0 spiro atoms. The summed E-state index contributed by atoms with van der Waals surface area (Å²) in [6, 6.07) is 5.75. The highest BCUT2D eigenvalue weighted by atomic mass is 32.2. The average Bonchev–Trinajstić information content (AvgIpc) is 2.98. The van der Waals surface area contributed by atoms with E-state index in [0.717, 1.165) is 25.7 Å². The zero-order valence-corrected chi connectivity index (χ0v) is 13.0. The van der Waals surface area contributed by atoms with E-state index in [1.54, 1.807) is 18.3 Å². The van der Waals surface area contributed by atoms with Crippen molar-refractivity contribution in [3.8, 4) is 6.07 Å². The lowest BCUT2D eigenvalue weighted by molar-refractivity contribution is 0.315. The Labute approximate surface area is 130 Å². The van der Waals surface area contributed by atoms with Crippen LogP contribution in [0.25, 0.3) is 0 Å². The highest BCUT2D eigenvalue weighted by Gasteiger charge is 2.29. The fourth-order valence-electron chi connectivity index (χ4n) is 3.01. The molecule has 116 valence electrons. The third-order valence-electron chi connectivity index (χ3n) is 4.34. The highest BCUT2D eigenvalue weighted by molar-refractivity contribution is 8.05. The molecule has 0 atom stereocenters. The third kappa shape index (κ3) is 3.03. The first-order chi connectivity index (χ1) is 10.6. The summed E-state index contributed by atoms with van der Waals surface area (Å²) in [4.78, 5) is 8.28.